The highest BCUT2D eigenvalue weighted by Crippen LogP contribution is 2.21. The van der Waals surface area contributed by atoms with E-state index < -0.39 is 10.8 Å². The Morgan fingerprint density at radius 3 is 2.80 bits per heavy atom. The molecule has 1 amide bonds. The Morgan fingerprint density at radius 1 is 1.67 bits per heavy atom. The summed E-state index contributed by atoms with van der Waals surface area (Å²) in [5.41, 5.74) is 1.83. The van der Waals surface area contributed by atoms with E-state index in [9.17, 15) is 14.9 Å². The third kappa shape index (κ3) is 2.17. The predicted molar refractivity (Wildman–Crippen MR) is 52.1 cm³/mol. The second-order valence-electron chi connectivity index (χ2n) is 2.57. The minimum atomic E-state index is -0.672. The van der Waals surface area contributed by atoms with Gasteiger partial charge in [0.2, 0.25) is 5.82 Å². The molecule has 0 bridgehead atoms. The summed E-state index contributed by atoms with van der Waals surface area (Å²) >= 11 is 0. The number of anilines is 1. The topological polar surface area (TPSA) is 123 Å². The molecule has 0 aliphatic rings. The zero-order valence-corrected chi connectivity index (χ0v) is 7.85. The standard InChI is InChI=1S/C7H9N5O3/c1-9-7(13)4-2-5(12(14)15)6(11-8)10-3-4/h2-3H,8H2,1H3,(H,9,13)(H,10,11). The molecule has 0 aliphatic heterocycles. The number of aromatic nitrogens is 1. The maximum Gasteiger partial charge on any atom is 0.313 e. The molecule has 0 unspecified atom stereocenters. The van der Waals surface area contributed by atoms with Gasteiger partial charge < -0.3 is 10.7 Å². The van der Waals surface area contributed by atoms with E-state index in [4.69, 9.17) is 5.84 Å². The molecule has 1 heterocycles. The van der Waals surface area contributed by atoms with E-state index in [0.717, 1.165) is 6.07 Å². The van der Waals surface area contributed by atoms with E-state index >= 15 is 0 Å². The van der Waals surface area contributed by atoms with Gasteiger partial charge in [-0.3, -0.25) is 14.9 Å². The summed E-state index contributed by atoms with van der Waals surface area (Å²) in [4.78, 5) is 24.7. The van der Waals surface area contributed by atoms with E-state index in [1.807, 2.05) is 0 Å². The Labute approximate surface area is 84.6 Å². The minimum Gasteiger partial charge on any atom is -0.355 e. The summed E-state index contributed by atoms with van der Waals surface area (Å²) in [6, 6.07) is 1.10. The third-order valence-electron chi connectivity index (χ3n) is 1.69. The molecule has 4 N–H and O–H groups in total. The molecular weight excluding hydrogens is 202 g/mol. The molecule has 0 saturated carbocycles. The molecule has 0 spiro atoms. The van der Waals surface area contributed by atoms with Crippen molar-refractivity contribution in [3.8, 4) is 0 Å². The van der Waals surface area contributed by atoms with Crippen molar-refractivity contribution in [1.82, 2.24) is 10.3 Å². The zero-order valence-electron chi connectivity index (χ0n) is 7.85. The fourth-order valence-corrected chi connectivity index (χ4v) is 0.972. The summed E-state index contributed by atoms with van der Waals surface area (Å²) in [6.07, 6.45) is 1.20. The summed E-state index contributed by atoms with van der Waals surface area (Å²) in [7, 11) is 1.42. The van der Waals surface area contributed by atoms with Gasteiger partial charge in [-0.05, 0) is 0 Å². The first-order chi connectivity index (χ1) is 7.10. The van der Waals surface area contributed by atoms with Crippen LogP contribution in [0.15, 0.2) is 12.3 Å². The van der Waals surface area contributed by atoms with Crippen LogP contribution < -0.4 is 16.6 Å². The van der Waals surface area contributed by atoms with Crippen LogP contribution in [-0.2, 0) is 0 Å². The molecule has 80 valence electrons. The molecule has 8 nitrogen and oxygen atoms in total. The molecule has 1 aromatic heterocycles. The lowest BCUT2D eigenvalue weighted by Crippen LogP contribution is -2.19. The van der Waals surface area contributed by atoms with Crippen LogP contribution in [0.4, 0.5) is 11.5 Å². The Kier molecular flexibility index (Phi) is 3.13. The molecule has 0 fully saturated rings. The molecule has 0 atom stereocenters. The second-order valence-corrected chi connectivity index (χ2v) is 2.57. The molecule has 0 radical (unpaired) electrons. The molecule has 1 rings (SSSR count). The van der Waals surface area contributed by atoms with Crippen LogP contribution in [0.2, 0.25) is 0 Å². The number of hydrogen-bond donors (Lipinski definition) is 3. The molecule has 8 heteroatoms. The molecule has 0 saturated heterocycles. The summed E-state index contributed by atoms with van der Waals surface area (Å²) in [5.74, 6) is 4.49. The second kappa shape index (κ2) is 4.33. The van der Waals surface area contributed by atoms with E-state index in [1.54, 1.807) is 0 Å². The normalized spacial score (nSPS) is 9.47. The fraction of sp³-hybridized carbons (Fsp3) is 0.143. The van der Waals surface area contributed by atoms with E-state index in [-0.39, 0.29) is 17.1 Å². The molecule has 15 heavy (non-hydrogen) atoms. The smallest absolute Gasteiger partial charge is 0.313 e. The Balaban J connectivity index is 3.22. The van der Waals surface area contributed by atoms with E-state index in [1.165, 1.54) is 13.2 Å². The van der Waals surface area contributed by atoms with Crippen LogP contribution in [0.5, 0.6) is 0 Å². The van der Waals surface area contributed by atoms with E-state index in [2.05, 4.69) is 15.7 Å². The average molecular weight is 211 g/mol. The number of nitrogen functional groups attached to an aromatic ring is 1. The number of nitrogens with one attached hydrogen (secondary N) is 2. The average Bonchev–Trinajstić information content (AvgIpc) is 2.27. The lowest BCUT2D eigenvalue weighted by molar-refractivity contribution is -0.384. The highest BCUT2D eigenvalue weighted by molar-refractivity contribution is 5.94. The number of hydrazine groups is 1. The van der Waals surface area contributed by atoms with Gasteiger partial charge in [-0.1, -0.05) is 0 Å². The number of nitrogens with zero attached hydrogens (tertiary/aromatic N) is 2. The van der Waals surface area contributed by atoms with Crippen LogP contribution >= 0.6 is 0 Å². The molecule has 1 aromatic rings. The maximum atomic E-state index is 11.2. The zero-order chi connectivity index (χ0) is 11.4. The first-order valence-electron chi connectivity index (χ1n) is 3.93. The van der Waals surface area contributed by atoms with Crippen molar-refractivity contribution in [3.05, 3.63) is 27.9 Å². The largest absolute Gasteiger partial charge is 0.355 e. The first kappa shape index (κ1) is 10.9. The van der Waals surface area contributed by atoms with Gasteiger partial charge in [-0.25, -0.2) is 10.8 Å². The summed E-state index contributed by atoms with van der Waals surface area (Å²) in [6.45, 7) is 0. The number of carbonyl (C=O) groups excluding carboxylic acids is 1. The van der Waals surface area contributed by atoms with Gasteiger partial charge in [0.1, 0.15) is 0 Å². The van der Waals surface area contributed by atoms with Crippen molar-refractivity contribution in [2.45, 2.75) is 0 Å². The number of carbonyl (C=O) groups is 1. The summed E-state index contributed by atoms with van der Waals surface area (Å²) < 4.78 is 0. The number of pyridine rings is 1. The Bertz CT molecular complexity index is 406. The Hall–Kier alpha value is -2.22. The lowest BCUT2D eigenvalue weighted by Gasteiger charge is -2.02. The van der Waals surface area contributed by atoms with Gasteiger partial charge in [-0.15, -0.1) is 0 Å². The van der Waals surface area contributed by atoms with Crippen molar-refractivity contribution < 1.29 is 9.72 Å². The molecular formula is C7H9N5O3. The van der Waals surface area contributed by atoms with Crippen molar-refractivity contribution in [1.29, 1.82) is 0 Å². The quantitative estimate of drug-likeness (QED) is 0.356. The van der Waals surface area contributed by atoms with Gasteiger partial charge in [0.25, 0.3) is 5.91 Å². The third-order valence-corrected chi connectivity index (χ3v) is 1.69. The van der Waals surface area contributed by atoms with Crippen LogP contribution in [0.25, 0.3) is 0 Å². The highest BCUT2D eigenvalue weighted by Gasteiger charge is 2.17. The van der Waals surface area contributed by atoms with Crippen molar-refractivity contribution in [2.24, 2.45) is 5.84 Å². The Morgan fingerprint density at radius 2 is 2.33 bits per heavy atom. The number of nitrogens with two attached hydrogens (primary N) is 1. The van der Waals surface area contributed by atoms with Gasteiger partial charge in [-0.2, -0.15) is 0 Å². The van der Waals surface area contributed by atoms with Crippen LogP contribution in [0.3, 0.4) is 0 Å². The van der Waals surface area contributed by atoms with E-state index in [0.29, 0.717) is 0 Å². The first-order valence-corrected chi connectivity index (χ1v) is 3.93. The minimum absolute atomic E-state index is 0.0901. The fourth-order valence-electron chi connectivity index (χ4n) is 0.972. The van der Waals surface area contributed by atoms with Crippen molar-refractivity contribution >= 4 is 17.4 Å². The predicted octanol–water partition coefficient (Wildman–Crippen LogP) is -0.365. The number of amides is 1. The molecule has 0 aromatic carbocycles. The highest BCUT2D eigenvalue weighted by atomic mass is 16.6. The van der Waals surface area contributed by atoms with Crippen LogP contribution in [0, 0.1) is 10.1 Å². The van der Waals surface area contributed by atoms with Gasteiger partial charge >= 0.3 is 5.69 Å². The summed E-state index contributed by atoms with van der Waals surface area (Å²) in [5, 5.41) is 12.9. The number of rotatable bonds is 3. The number of nitro groups is 1. The van der Waals surface area contributed by atoms with Gasteiger partial charge in [0, 0.05) is 19.3 Å². The lowest BCUT2D eigenvalue weighted by atomic mass is 10.2. The van der Waals surface area contributed by atoms with Crippen LogP contribution in [0.1, 0.15) is 10.4 Å². The van der Waals surface area contributed by atoms with Crippen molar-refractivity contribution in [3.63, 3.8) is 0 Å². The maximum absolute atomic E-state index is 11.2. The SMILES string of the molecule is CNC(=O)c1cnc(NN)c([N+](=O)[O-])c1. The van der Waals surface area contributed by atoms with Crippen molar-refractivity contribution in [2.75, 3.05) is 12.5 Å². The molecule has 0 aliphatic carbocycles. The van der Waals surface area contributed by atoms with Gasteiger partial charge in [0.05, 0.1) is 10.5 Å². The number of hydrogen-bond acceptors (Lipinski definition) is 6. The monoisotopic (exact) mass is 211 g/mol. The van der Waals surface area contributed by atoms with Gasteiger partial charge in [0.15, 0.2) is 0 Å². The van der Waals surface area contributed by atoms with Crippen LogP contribution in [-0.4, -0.2) is 22.9 Å².